The Kier molecular flexibility index (Phi) is 5.08. The summed E-state index contributed by atoms with van der Waals surface area (Å²) in [5, 5.41) is 3.45. The van der Waals surface area contributed by atoms with Gasteiger partial charge in [-0.1, -0.05) is 28.1 Å². The minimum Gasteiger partial charge on any atom is -0.455 e. The Morgan fingerprint density at radius 2 is 1.38 bits per heavy atom. The molecule has 0 aliphatic heterocycles. The van der Waals surface area contributed by atoms with E-state index < -0.39 is 34.8 Å². The van der Waals surface area contributed by atoms with Gasteiger partial charge in [-0.15, -0.1) is 0 Å². The van der Waals surface area contributed by atoms with E-state index in [9.17, 15) is 22.0 Å². The van der Waals surface area contributed by atoms with Crippen LogP contribution in [0.1, 0.15) is 5.76 Å². The quantitative estimate of drug-likeness (QED) is 0.185. The Morgan fingerprint density at radius 3 is 2.00 bits per heavy atom. The predicted molar refractivity (Wildman–Crippen MR) is 89.3 cm³/mol. The summed E-state index contributed by atoms with van der Waals surface area (Å²) in [6.07, 6.45) is 1.04. The van der Waals surface area contributed by atoms with E-state index in [1.165, 1.54) is 6.07 Å². The van der Waals surface area contributed by atoms with Crippen LogP contribution in [0.3, 0.4) is 0 Å². The number of hydrogen-bond donors (Lipinski definition) is 1. The molecule has 0 atom stereocenters. The molecule has 1 N–H and O–H groups in total. The molecule has 0 aliphatic rings. The zero-order valence-corrected chi connectivity index (χ0v) is 14.3. The first-order chi connectivity index (χ1) is 12.4. The Bertz CT molecular complexity index is 957. The number of benzene rings is 2. The van der Waals surface area contributed by atoms with Crippen LogP contribution in [0, 0.1) is 29.1 Å². The third-order valence-corrected chi connectivity index (χ3v) is 3.86. The van der Waals surface area contributed by atoms with Crippen molar-refractivity contribution in [1.29, 1.82) is 0 Å². The molecule has 26 heavy (non-hydrogen) atoms. The number of anilines is 1. The van der Waals surface area contributed by atoms with Crippen LogP contribution in [0.15, 0.2) is 50.4 Å². The standard InChI is InChI=1S/C17H8BrF5N2O/c18-9-3-1-8(2-4-9)11-6-5-10(26-11)7-24-25-17-15(22)13(20)12(19)14(21)16(17)23/h1-7,25H. The topological polar surface area (TPSA) is 37.5 Å². The van der Waals surface area contributed by atoms with Gasteiger partial charge in [0.15, 0.2) is 23.3 Å². The summed E-state index contributed by atoms with van der Waals surface area (Å²) in [6, 6.07) is 10.4. The average molecular weight is 431 g/mol. The van der Waals surface area contributed by atoms with Crippen molar-refractivity contribution in [2.45, 2.75) is 0 Å². The molecule has 0 radical (unpaired) electrons. The molecule has 3 aromatic rings. The van der Waals surface area contributed by atoms with Gasteiger partial charge in [-0.25, -0.2) is 22.0 Å². The van der Waals surface area contributed by atoms with Crippen molar-refractivity contribution < 1.29 is 26.4 Å². The van der Waals surface area contributed by atoms with Crippen molar-refractivity contribution in [2.75, 3.05) is 5.43 Å². The Balaban J connectivity index is 1.79. The molecule has 0 unspecified atom stereocenters. The van der Waals surface area contributed by atoms with E-state index >= 15 is 0 Å². The van der Waals surface area contributed by atoms with Crippen LogP contribution in [0.5, 0.6) is 0 Å². The normalized spacial score (nSPS) is 11.3. The zero-order chi connectivity index (χ0) is 18.8. The number of nitrogens with zero attached hydrogens (tertiary/aromatic N) is 1. The summed E-state index contributed by atoms with van der Waals surface area (Å²) < 4.78 is 72.5. The molecule has 0 fully saturated rings. The second kappa shape index (κ2) is 7.28. The molecule has 0 saturated carbocycles. The average Bonchev–Trinajstić information content (AvgIpc) is 3.10. The number of rotatable bonds is 4. The number of hydrazone groups is 1. The third kappa shape index (κ3) is 3.48. The first kappa shape index (κ1) is 18.1. The van der Waals surface area contributed by atoms with Gasteiger partial charge in [0.05, 0.1) is 6.21 Å². The molecule has 3 rings (SSSR count). The number of halogens is 6. The van der Waals surface area contributed by atoms with Gasteiger partial charge in [0.25, 0.3) is 0 Å². The predicted octanol–water partition coefficient (Wildman–Crippen LogP) is 5.85. The molecule has 1 heterocycles. The smallest absolute Gasteiger partial charge is 0.200 e. The molecule has 1 aromatic heterocycles. The van der Waals surface area contributed by atoms with Crippen molar-refractivity contribution in [1.82, 2.24) is 0 Å². The van der Waals surface area contributed by atoms with E-state index in [0.717, 1.165) is 16.3 Å². The van der Waals surface area contributed by atoms with Gasteiger partial charge in [0.2, 0.25) is 5.82 Å². The summed E-state index contributed by atoms with van der Waals surface area (Å²) in [6.45, 7) is 0. The Hall–Kier alpha value is -2.68. The van der Waals surface area contributed by atoms with Gasteiger partial charge in [0.1, 0.15) is 17.2 Å². The molecule has 2 aromatic carbocycles. The summed E-state index contributed by atoms with van der Waals surface area (Å²) >= 11 is 3.31. The van der Waals surface area contributed by atoms with Crippen LogP contribution < -0.4 is 5.43 Å². The fourth-order valence-electron chi connectivity index (χ4n) is 2.06. The van der Waals surface area contributed by atoms with Gasteiger partial charge in [-0.2, -0.15) is 5.10 Å². The van der Waals surface area contributed by atoms with Gasteiger partial charge in [-0.3, -0.25) is 5.43 Å². The maximum absolute atomic E-state index is 13.5. The van der Waals surface area contributed by atoms with Gasteiger partial charge >= 0.3 is 0 Å². The highest BCUT2D eigenvalue weighted by atomic mass is 79.9. The second-order valence-corrected chi connectivity index (χ2v) is 5.94. The molecule has 0 bridgehead atoms. The van der Waals surface area contributed by atoms with E-state index in [-0.39, 0.29) is 5.76 Å². The zero-order valence-electron chi connectivity index (χ0n) is 12.7. The molecule has 0 aliphatic carbocycles. The van der Waals surface area contributed by atoms with E-state index in [1.54, 1.807) is 23.6 Å². The minimum atomic E-state index is -2.24. The molecule has 0 spiro atoms. The maximum Gasteiger partial charge on any atom is 0.200 e. The van der Waals surface area contributed by atoms with Crippen molar-refractivity contribution >= 4 is 27.8 Å². The summed E-state index contributed by atoms with van der Waals surface area (Å²) in [5.74, 6) is -9.65. The van der Waals surface area contributed by atoms with Crippen molar-refractivity contribution in [3.05, 3.63) is 75.7 Å². The van der Waals surface area contributed by atoms with Crippen LogP contribution >= 0.6 is 15.9 Å². The van der Waals surface area contributed by atoms with E-state index in [1.807, 2.05) is 12.1 Å². The van der Waals surface area contributed by atoms with E-state index in [0.29, 0.717) is 5.76 Å². The van der Waals surface area contributed by atoms with Crippen molar-refractivity contribution in [3.8, 4) is 11.3 Å². The molecule has 9 heteroatoms. The molecule has 0 amide bonds. The van der Waals surface area contributed by atoms with Crippen LogP contribution in [0.2, 0.25) is 0 Å². The monoisotopic (exact) mass is 430 g/mol. The largest absolute Gasteiger partial charge is 0.455 e. The van der Waals surface area contributed by atoms with Gasteiger partial charge in [0, 0.05) is 10.0 Å². The summed E-state index contributed by atoms with van der Waals surface area (Å²) in [7, 11) is 0. The number of hydrogen-bond acceptors (Lipinski definition) is 3. The fourth-order valence-corrected chi connectivity index (χ4v) is 2.32. The first-order valence-electron chi connectivity index (χ1n) is 7.04. The number of nitrogens with one attached hydrogen (secondary N) is 1. The minimum absolute atomic E-state index is 0.208. The van der Waals surface area contributed by atoms with Gasteiger partial charge < -0.3 is 4.42 Å². The lowest BCUT2D eigenvalue weighted by Gasteiger charge is -2.06. The number of furan rings is 1. The third-order valence-electron chi connectivity index (χ3n) is 3.33. The molecule has 134 valence electrons. The van der Waals surface area contributed by atoms with Crippen LogP contribution in [0.4, 0.5) is 27.6 Å². The second-order valence-electron chi connectivity index (χ2n) is 5.02. The van der Waals surface area contributed by atoms with E-state index in [4.69, 9.17) is 4.42 Å². The lowest BCUT2D eigenvalue weighted by atomic mass is 10.2. The van der Waals surface area contributed by atoms with Crippen molar-refractivity contribution in [3.63, 3.8) is 0 Å². The Morgan fingerprint density at radius 1 is 0.808 bits per heavy atom. The van der Waals surface area contributed by atoms with Gasteiger partial charge in [-0.05, 0) is 24.3 Å². The maximum atomic E-state index is 13.5. The van der Waals surface area contributed by atoms with Crippen molar-refractivity contribution in [2.24, 2.45) is 5.10 Å². The lowest BCUT2D eigenvalue weighted by molar-refractivity contribution is 0.381. The van der Waals surface area contributed by atoms with Crippen LogP contribution in [-0.2, 0) is 0 Å². The SMILES string of the molecule is Fc1c(F)c(F)c(NN=Cc2ccc(-c3ccc(Br)cc3)o2)c(F)c1F. The molecular weight excluding hydrogens is 423 g/mol. The molecule has 0 saturated heterocycles. The Labute approximate surface area is 152 Å². The highest BCUT2D eigenvalue weighted by molar-refractivity contribution is 9.10. The molecular formula is C17H8BrF5N2O. The summed E-state index contributed by atoms with van der Waals surface area (Å²) in [4.78, 5) is 0. The molecule has 3 nitrogen and oxygen atoms in total. The first-order valence-corrected chi connectivity index (χ1v) is 7.84. The highest BCUT2D eigenvalue weighted by Gasteiger charge is 2.25. The lowest BCUT2D eigenvalue weighted by Crippen LogP contribution is -2.06. The fraction of sp³-hybridized carbons (Fsp3) is 0. The van der Waals surface area contributed by atoms with Crippen LogP contribution in [0.25, 0.3) is 11.3 Å². The highest BCUT2D eigenvalue weighted by Crippen LogP contribution is 2.27. The van der Waals surface area contributed by atoms with Crippen LogP contribution in [-0.4, -0.2) is 6.21 Å². The van der Waals surface area contributed by atoms with E-state index in [2.05, 4.69) is 21.0 Å². The summed E-state index contributed by atoms with van der Waals surface area (Å²) in [5.41, 5.74) is 1.33.